The van der Waals surface area contributed by atoms with Crippen LogP contribution in [0.1, 0.15) is 16.8 Å². The van der Waals surface area contributed by atoms with Gasteiger partial charge in [0.1, 0.15) is 0 Å². The highest BCUT2D eigenvalue weighted by molar-refractivity contribution is 6.32. The largest absolute Gasteiger partial charge is 0.493 e. The summed E-state index contributed by atoms with van der Waals surface area (Å²) in [6.45, 7) is 0.704. The Bertz CT molecular complexity index is 536. The first-order valence-electron chi connectivity index (χ1n) is 6.55. The van der Waals surface area contributed by atoms with E-state index in [1.54, 1.807) is 7.11 Å². The highest BCUT2D eigenvalue weighted by Gasteiger charge is 2.16. The molecule has 0 fully saturated rings. The number of benzene rings is 1. The van der Waals surface area contributed by atoms with E-state index < -0.39 is 5.91 Å². The summed E-state index contributed by atoms with van der Waals surface area (Å²) in [7, 11) is 3.00. The average molecular weight is 331 g/mol. The highest BCUT2D eigenvalue weighted by atomic mass is 35.5. The number of hydrogen-bond acceptors (Lipinski definition) is 5. The fourth-order valence-corrected chi connectivity index (χ4v) is 1.92. The molecular weight excluding hydrogens is 312 g/mol. The van der Waals surface area contributed by atoms with Crippen LogP contribution in [0.25, 0.3) is 0 Å². The molecule has 0 radical (unpaired) electrons. The average Bonchev–Trinajstić information content (AvgIpc) is 2.49. The molecule has 8 heteroatoms. The lowest BCUT2D eigenvalue weighted by Crippen LogP contribution is -2.25. The number of nitrogens with one attached hydrogen (secondary N) is 1. The van der Waals surface area contributed by atoms with E-state index in [4.69, 9.17) is 31.5 Å². The first-order chi connectivity index (χ1) is 10.5. The van der Waals surface area contributed by atoms with Crippen LogP contribution in [-0.2, 0) is 9.53 Å². The Labute approximate surface area is 133 Å². The molecule has 0 saturated heterocycles. The number of nitrogens with two attached hydrogens (primary N) is 1. The van der Waals surface area contributed by atoms with E-state index >= 15 is 0 Å². The predicted molar refractivity (Wildman–Crippen MR) is 81.5 cm³/mol. The summed E-state index contributed by atoms with van der Waals surface area (Å²) >= 11 is 6.07. The van der Waals surface area contributed by atoms with E-state index in [1.807, 2.05) is 0 Å². The molecule has 0 aliphatic rings. The lowest BCUT2D eigenvalue weighted by atomic mass is 10.2. The molecule has 0 heterocycles. The third-order valence-corrected chi connectivity index (χ3v) is 2.94. The number of amides is 2. The molecule has 1 rings (SSSR count). The molecule has 0 aliphatic heterocycles. The summed E-state index contributed by atoms with van der Waals surface area (Å²) in [6, 6.07) is 2.92. The summed E-state index contributed by atoms with van der Waals surface area (Å²) in [5, 5.41) is 2.89. The summed E-state index contributed by atoms with van der Waals surface area (Å²) in [6.07, 6.45) is 0.701. The van der Waals surface area contributed by atoms with Gasteiger partial charge in [-0.25, -0.2) is 0 Å². The Balaban J connectivity index is 2.83. The van der Waals surface area contributed by atoms with Gasteiger partial charge in [0.15, 0.2) is 18.1 Å². The van der Waals surface area contributed by atoms with Crippen LogP contribution in [0.3, 0.4) is 0 Å². The molecule has 122 valence electrons. The standard InChI is InChI=1S/C14H19ClN2O5/c1-20-5-3-4-17-14(19)9-6-10(15)13(11(7-9)21-2)22-8-12(16)18/h6-7H,3-5,8H2,1-2H3,(H2,16,18)(H,17,19). The Kier molecular flexibility index (Phi) is 7.48. The second kappa shape index (κ2) is 9.11. The van der Waals surface area contributed by atoms with Gasteiger partial charge in [-0.3, -0.25) is 9.59 Å². The number of primary amides is 1. The SMILES string of the molecule is COCCCNC(=O)c1cc(Cl)c(OCC(N)=O)c(OC)c1. The van der Waals surface area contributed by atoms with Crippen LogP contribution < -0.4 is 20.5 Å². The Morgan fingerprint density at radius 1 is 1.32 bits per heavy atom. The molecule has 2 amide bonds. The first kappa shape index (κ1) is 18.1. The van der Waals surface area contributed by atoms with Crippen molar-refractivity contribution in [2.45, 2.75) is 6.42 Å². The Morgan fingerprint density at radius 2 is 2.05 bits per heavy atom. The lowest BCUT2D eigenvalue weighted by Gasteiger charge is -2.13. The number of ether oxygens (including phenoxy) is 3. The van der Waals surface area contributed by atoms with Gasteiger partial charge in [0.25, 0.3) is 11.8 Å². The van der Waals surface area contributed by atoms with Crippen molar-refractivity contribution in [2.75, 3.05) is 34.0 Å². The molecule has 0 aliphatic carbocycles. The quantitative estimate of drug-likeness (QED) is 0.657. The van der Waals surface area contributed by atoms with Crippen molar-refractivity contribution in [3.63, 3.8) is 0 Å². The molecule has 0 unspecified atom stereocenters. The highest BCUT2D eigenvalue weighted by Crippen LogP contribution is 2.36. The van der Waals surface area contributed by atoms with Crippen LogP contribution in [0.15, 0.2) is 12.1 Å². The van der Waals surface area contributed by atoms with Gasteiger partial charge in [-0.05, 0) is 18.6 Å². The van der Waals surface area contributed by atoms with Gasteiger partial charge in [-0.15, -0.1) is 0 Å². The molecule has 3 N–H and O–H groups in total. The zero-order chi connectivity index (χ0) is 16.5. The van der Waals surface area contributed by atoms with Crippen LogP contribution in [0, 0.1) is 0 Å². The molecule has 1 aromatic rings. The zero-order valence-electron chi connectivity index (χ0n) is 12.5. The van der Waals surface area contributed by atoms with Crippen LogP contribution in [0.2, 0.25) is 5.02 Å². The Hall–Kier alpha value is -1.99. The second-order valence-corrected chi connectivity index (χ2v) is 4.75. The lowest BCUT2D eigenvalue weighted by molar-refractivity contribution is -0.119. The van der Waals surface area contributed by atoms with Crippen molar-refractivity contribution < 1.29 is 23.8 Å². The minimum absolute atomic E-state index is 0.155. The van der Waals surface area contributed by atoms with E-state index in [0.29, 0.717) is 25.1 Å². The maximum Gasteiger partial charge on any atom is 0.255 e. The monoisotopic (exact) mass is 330 g/mol. The number of halogens is 1. The van der Waals surface area contributed by atoms with E-state index in [1.165, 1.54) is 19.2 Å². The summed E-state index contributed by atoms with van der Waals surface area (Å²) in [4.78, 5) is 22.8. The topological polar surface area (TPSA) is 99.9 Å². The molecule has 0 bridgehead atoms. The van der Waals surface area contributed by atoms with E-state index in [0.717, 1.165) is 0 Å². The van der Waals surface area contributed by atoms with E-state index in [-0.39, 0.29) is 29.0 Å². The van der Waals surface area contributed by atoms with Gasteiger partial charge in [-0.2, -0.15) is 0 Å². The number of hydrogen-bond donors (Lipinski definition) is 2. The van der Waals surface area contributed by atoms with Gasteiger partial charge in [0, 0.05) is 25.8 Å². The molecule has 0 saturated carbocycles. The predicted octanol–water partition coefficient (Wildman–Crippen LogP) is 0.979. The van der Waals surface area contributed by atoms with Gasteiger partial charge in [0.2, 0.25) is 0 Å². The minimum Gasteiger partial charge on any atom is -0.493 e. The van der Waals surface area contributed by atoms with E-state index in [2.05, 4.69) is 5.32 Å². The van der Waals surface area contributed by atoms with Crippen molar-refractivity contribution in [3.8, 4) is 11.5 Å². The number of rotatable bonds is 9. The number of carbonyl (C=O) groups is 2. The molecule has 0 atom stereocenters. The van der Waals surface area contributed by atoms with Crippen molar-refractivity contribution in [3.05, 3.63) is 22.7 Å². The molecular formula is C14H19ClN2O5. The maximum atomic E-state index is 12.0. The van der Waals surface area contributed by atoms with Gasteiger partial charge < -0.3 is 25.3 Å². The third kappa shape index (κ3) is 5.42. The van der Waals surface area contributed by atoms with Crippen molar-refractivity contribution >= 4 is 23.4 Å². The van der Waals surface area contributed by atoms with Crippen LogP contribution in [0.5, 0.6) is 11.5 Å². The van der Waals surface area contributed by atoms with Crippen LogP contribution >= 0.6 is 11.6 Å². The Morgan fingerprint density at radius 3 is 2.64 bits per heavy atom. The second-order valence-electron chi connectivity index (χ2n) is 4.35. The number of carbonyl (C=O) groups excluding carboxylic acids is 2. The molecule has 0 spiro atoms. The summed E-state index contributed by atoms with van der Waals surface area (Å²) < 4.78 is 15.2. The van der Waals surface area contributed by atoms with Crippen molar-refractivity contribution in [2.24, 2.45) is 5.73 Å². The maximum absolute atomic E-state index is 12.0. The number of methoxy groups -OCH3 is 2. The summed E-state index contributed by atoms with van der Waals surface area (Å²) in [5.74, 6) is -0.523. The smallest absolute Gasteiger partial charge is 0.255 e. The normalized spacial score (nSPS) is 10.1. The van der Waals surface area contributed by atoms with E-state index in [9.17, 15) is 9.59 Å². The van der Waals surface area contributed by atoms with Crippen molar-refractivity contribution in [1.29, 1.82) is 0 Å². The third-order valence-electron chi connectivity index (χ3n) is 2.66. The van der Waals surface area contributed by atoms with Crippen LogP contribution in [-0.4, -0.2) is 45.8 Å². The first-order valence-corrected chi connectivity index (χ1v) is 6.93. The molecule has 1 aromatic carbocycles. The zero-order valence-corrected chi connectivity index (χ0v) is 13.2. The van der Waals surface area contributed by atoms with Gasteiger partial charge >= 0.3 is 0 Å². The van der Waals surface area contributed by atoms with Gasteiger partial charge in [-0.1, -0.05) is 11.6 Å². The van der Waals surface area contributed by atoms with Gasteiger partial charge in [0.05, 0.1) is 12.1 Å². The minimum atomic E-state index is -0.641. The fraction of sp³-hybridized carbons (Fsp3) is 0.429. The summed E-state index contributed by atoms with van der Waals surface area (Å²) in [5.41, 5.74) is 5.34. The molecule has 7 nitrogen and oxygen atoms in total. The molecule has 0 aromatic heterocycles. The van der Waals surface area contributed by atoms with Crippen LogP contribution in [0.4, 0.5) is 0 Å². The fourth-order valence-electron chi connectivity index (χ4n) is 1.65. The molecule has 22 heavy (non-hydrogen) atoms. The van der Waals surface area contributed by atoms with Crippen molar-refractivity contribution in [1.82, 2.24) is 5.32 Å².